The van der Waals surface area contributed by atoms with Crippen LogP contribution in [0.1, 0.15) is 68.8 Å². The fraction of sp³-hybridized carbons (Fsp3) is 0.500. The van der Waals surface area contributed by atoms with Gasteiger partial charge in [0.15, 0.2) is 0 Å². The molecule has 210 valence electrons. The van der Waals surface area contributed by atoms with Crippen molar-refractivity contribution < 1.29 is 24.2 Å². The van der Waals surface area contributed by atoms with E-state index in [1.807, 2.05) is 50.2 Å². The highest BCUT2D eigenvalue weighted by atomic mass is 16.5. The van der Waals surface area contributed by atoms with Crippen LogP contribution in [0.2, 0.25) is 0 Å². The zero-order valence-electron chi connectivity index (χ0n) is 24.0. The first-order valence-electron chi connectivity index (χ1n) is 14.0. The molecule has 1 atom stereocenters. The summed E-state index contributed by atoms with van der Waals surface area (Å²) >= 11 is 0. The summed E-state index contributed by atoms with van der Waals surface area (Å²) in [6.07, 6.45) is 1.62. The first-order chi connectivity index (χ1) is 18.6. The predicted molar refractivity (Wildman–Crippen MR) is 153 cm³/mol. The van der Waals surface area contributed by atoms with E-state index in [0.29, 0.717) is 31.9 Å². The van der Waals surface area contributed by atoms with Gasteiger partial charge < -0.3 is 19.5 Å². The molecule has 1 amide bonds. The largest absolute Gasteiger partial charge is 0.507 e. The van der Waals surface area contributed by atoms with Crippen molar-refractivity contribution in [3.05, 3.63) is 70.3 Å². The molecule has 0 radical (unpaired) electrons. The van der Waals surface area contributed by atoms with Crippen molar-refractivity contribution in [1.29, 1.82) is 0 Å². The molecule has 0 bridgehead atoms. The number of Topliss-reactive ketones (excluding diaryl/α,β-unsaturated/α-hetero) is 1. The second-order valence-corrected chi connectivity index (χ2v) is 11.5. The predicted octanol–water partition coefficient (Wildman–Crippen LogP) is 5.23. The number of aliphatic hydroxyl groups excluding tert-OH is 1. The van der Waals surface area contributed by atoms with Crippen LogP contribution < -0.4 is 4.74 Å². The van der Waals surface area contributed by atoms with Crippen LogP contribution in [-0.2, 0) is 19.7 Å². The number of ether oxygens (including phenoxy) is 2. The van der Waals surface area contributed by atoms with E-state index in [1.54, 1.807) is 11.0 Å². The average molecular weight is 535 g/mol. The van der Waals surface area contributed by atoms with Crippen molar-refractivity contribution in [2.45, 2.75) is 58.9 Å². The zero-order valence-corrected chi connectivity index (χ0v) is 24.0. The molecular formula is C32H42N2O5. The highest BCUT2D eigenvalue weighted by molar-refractivity contribution is 6.46. The number of hydrogen-bond acceptors (Lipinski definition) is 6. The van der Waals surface area contributed by atoms with Gasteiger partial charge in [-0.3, -0.25) is 14.5 Å². The van der Waals surface area contributed by atoms with Crippen molar-refractivity contribution in [2.24, 2.45) is 0 Å². The quantitative estimate of drug-likeness (QED) is 0.270. The van der Waals surface area contributed by atoms with Gasteiger partial charge in [-0.05, 0) is 60.1 Å². The van der Waals surface area contributed by atoms with Gasteiger partial charge in [-0.15, -0.1) is 0 Å². The Morgan fingerprint density at radius 2 is 1.74 bits per heavy atom. The molecule has 2 heterocycles. The molecule has 0 aliphatic carbocycles. The number of aryl methyl sites for hydroxylation is 1. The summed E-state index contributed by atoms with van der Waals surface area (Å²) in [4.78, 5) is 30.7. The number of morpholine rings is 1. The number of hydrogen-bond donors (Lipinski definition) is 1. The van der Waals surface area contributed by atoms with Crippen LogP contribution in [0.4, 0.5) is 0 Å². The van der Waals surface area contributed by atoms with Crippen LogP contribution in [0.5, 0.6) is 5.75 Å². The molecule has 0 spiro atoms. The number of carbonyl (C=O) groups is 2. The highest BCUT2D eigenvalue weighted by Crippen LogP contribution is 2.40. The Morgan fingerprint density at radius 1 is 1.05 bits per heavy atom. The number of likely N-dealkylation sites (tertiary alicyclic amines) is 1. The van der Waals surface area contributed by atoms with Gasteiger partial charge in [0.05, 0.1) is 31.4 Å². The lowest BCUT2D eigenvalue weighted by molar-refractivity contribution is -0.140. The van der Waals surface area contributed by atoms with Crippen LogP contribution in [-0.4, -0.2) is 72.6 Å². The fourth-order valence-electron chi connectivity index (χ4n) is 5.24. The van der Waals surface area contributed by atoms with Gasteiger partial charge in [0, 0.05) is 31.7 Å². The summed E-state index contributed by atoms with van der Waals surface area (Å²) < 4.78 is 11.2. The molecule has 39 heavy (non-hydrogen) atoms. The van der Waals surface area contributed by atoms with Crippen LogP contribution in [0.25, 0.3) is 5.76 Å². The normalized spacial score (nSPS) is 20.0. The molecule has 2 saturated heterocycles. The van der Waals surface area contributed by atoms with Crippen LogP contribution in [0.3, 0.4) is 0 Å². The second-order valence-electron chi connectivity index (χ2n) is 11.5. The van der Waals surface area contributed by atoms with E-state index < -0.39 is 17.7 Å². The minimum absolute atomic E-state index is 0.0301. The zero-order chi connectivity index (χ0) is 28.2. The van der Waals surface area contributed by atoms with Crippen molar-refractivity contribution >= 4 is 17.4 Å². The van der Waals surface area contributed by atoms with Crippen molar-refractivity contribution in [3.63, 3.8) is 0 Å². The van der Waals surface area contributed by atoms with Gasteiger partial charge >= 0.3 is 0 Å². The van der Waals surface area contributed by atoms with Crippen LogP contribution in [0.15, 0.2) is 48.0 Å². The molecule has 0 unspecified atom stereocenters. The van der Waals surface area contributed by atoms with Gasteiger partial charge in [0.25, 0.3) is 11.7 Å². The summed E-state index contributed by atoms with van der Waals surface area (Å²) in [5.41, 5.74) is 3.44. The first kappa shape index (κ1) is 28.8. The number of aliphatic hydroxyl groups is 1. The van der Waals surface area contributed by atoms with E-state index in [2.05, 4.69) is 25.7 Å². The summed E-state index contributed by atoms with van der Waals surface area (Å²) in [5, 5.41) is 11.5. The Kier molecular flexibility index (Phi) is 9.13. The lowest BCUT2D eigenvalue weighted by Gasteiger charge is -2.29. The monoisotopic (exact) mass is 534 g/mol. The summed E-state index contributed by atoms with van der Waals surface area (Å²) in [7, 11) is 0. The first-order valence-corrected chi connectivity index (χ1v) is 14.0. The molecule has 0 aromatic heterocycles. The minimum atomic E-state index is -0.653. The number of ketones is 1. The molecule has 2 aliphatic rings. The average Bonchev–Trinajstić information content (AvgIpc) is 3.17. The maximum atomic E-state index is 13.4. The Labute approximate surface area is 232 Å². The molecular weight excluding hydrogens is 492 g/mol. The number of carbonyl (C=O) groups excluding carboxylic acids is 2. The minimum Gasteiger partial charge on any atom is -0.507 e. The van der Waals surface area contributed by atoms with Crippen LogP contribution in [0, 0.1) is 6.92 Å². The van der Waals surface area contributed by atoms with Crippen molar-refractivity contribution in [2.75, 3.05) is 46.0 Å². The van der Waals surface area contributed by atoms with Gasteiger partial charge in [-0.25, -0.2) is 0 Å². The molecule has 7 heteroatoms. The van der Waals surface area contributed by atoms with E-state index in [9.17, 15) is 14.7 Å². The maximum Gasteiger partial charge on any atom is 0.295 e. The molecule has 2 fully saturated rings. The van der Waals surface area contributed by atoms with Gasteiger partial charge in [0.1, 0.15) is 11.5 Å². The van der Waals surface area contributed by atoms with E-state index in [0.717, 1.165) is 54.9 Å². The smallest absolute Gasteiger partial charge is 0.295 e. The summed E-state index contributed by atoms with van der Waals surface area (Å²) in [6.45, 7) is 15.4. The second kappa shape index (κ2) is 12.3. The SMILES string of the molecule is CCCOc1ccc(C(O)=C2C(=O)C(=O)N(CCCN3CCOCC3)[C@H]2c2ccc(C(C)(C)C)cc2)cc1C. The molecule has 0 saturated carbocycles. The van der Waals surface area contributed by atoms with E-state index in [1.165, 1.54) is 0 Å². The van der Waals surface area contributed by atoms with Crippen LogP contribution >= 0.6 is 0 Å². The third-order valence-electron chi connectivity index (χ3n) is 7.52. The highest BCUT2D eigenvalue weighted by Gasteiger charge is 2.46. The standard InChI is InChI=1S/C32H42N2O5/c1-6-18-39-26-13-10-24(21-22(26)2)29(35)27-28(23-8-11-25(12-9-23)32(3,4)5)34(31(37)30(27)36)15-7-14-33-16-19-38-20-17-33/h8-13,21,28,35H,6-7,14-20H2,1-5H3/t28-/m0/s1. The lowest BCUT2D eigenvalue weighted by atomic mass is 9.85. The van der Waals surface area contributed by atoms with E-state index in [4.69, 9.17) is 9.47 Å². The number of nitrogens with zero attached hydrogens (tertiary/aromatic N) is 2. The maximum absolute atomic E-state index is 13.4. The molecule has 7 nitrogen and oxygen atoms in total. The van der Waals surface area contributed by atoms with E-state index >= 15 is 0 Å². The fourth-order valence-corrected chi connectivity index (χ4v) is 5.24. The number of rotatable bonds is 9. The van der Waals surface area contributed by atoms with Gasteiger partial charge in [-0.2, -0.15) is 0 Å². The molecule has 1 N–H and O–H groups in total. The third kappa shape index (κ3) is 6.53. The molecule has 2 aromatic carbocycles. The summed E-state index contributed by atoms with van der Waals surface area (Å²) in [5.74, 6) is -0.624. The Bertz CT molecular complexity index is 1210. The van der Waals surface area contributed by atoms with Gasteiger partial charge in [0.2, 0.25) is 0 Å². The van der Waals surface area contributed by atoms with Gasteiger partial charge in [-0.1, -0.05) is 52.0 Å². The number of amides is 1. The molecule has 2 aromatic rings. The topological polar surface area (TPSA) is 79.3 Å². The van der Waals surface area contributed by atoms with E-state index in [-0.39, 0.29) is 16.7 Å². The number of benzene rings is 2. The lowest BCUT2D eigenvalue weighted by Crippen LogP contribution is -2.39. The Balaban J connectivity index is 1.69. The Morgan fingerprint density at radius 3 is 2.36 bits per heavy atom. The summed E-state index contributed by atoms with van der Waals surface area (Å²) in [6, 6.07) is 12.8. The van der Waals surface area contributed by atoms with Crippen molar-refractivity contribution in [3.8, 4) is 5.75 Å². The molecule has 2 aliphatic heterocycles. The molecule has 4 rings (SSSR count). The van der Waals surface area contributed by atoms with Crippen molar-refractivity contribution in [1.82, 2.24) is 9.80 Å². The third-order valence-corrected chi connectivity index (χ3v) is 7.52. The Hall–Kier alpha value is -3.16.